The Morgan fingerprint density at radius 1 is 1.32 bits per heavy atom. The van der Waals surface area contributed by atoms with Gasteiger partial charge in [0.25, 0.3) is 0 Å². The van der Waals surface area contributed by atoms with Gasteiger partial charge in [0, 0.05) is 19.2 Å². The van der Waals surface area contributed by atoms with Crippen molar-refractivity contribution in [2.45, 2.75) is 71.4 Å². The summed E-state index contributed by atoms with van der Waals surface area (Å²) in [5.41, 5.74) is -0.450. The summed E-state index contributed by atoms with van der Waals surface area (Å²) in [6.45, 7) is 9.62. The predicted molar refractivity (Wildman–Crippen MR) is 88.9 cm³/mol. The number of aliphatic hydroxyl groups is 1. The summed E-state index contributed by atoms with van der Waals surface area (Å²) in [5, 5.41) is 15.5. The van der Waals surface area contributed by atoms with E-state index in [0.717, 1.165) is 25.8 Å². The van der Waals surface area contributed by atoms with E-state index in [0.29, 0.717) is 24.4 Å². The van der Waals surface area contributed by atoms with Crippen LogP contribution in [0.2, 0.25) is 0 Å². The fourth-order valence-corrected chi connectivity index (χ4v) is 2.92. The number of aliphatic hydroxyl groups excluding tert-OH is 1. The lowest BCUT2D eigenvalue weighted by molar-refractivity contribution is 0.0510. The lowest BCUT2D eigenvalue weighted by Crippen LogP contribution is -2.46. The minimum absolute atomic E-state index is 0.247. The standard InChI is InChI=1S/C17H34N2O3/c1-13(9-10-20)11-18-15-8-6-5-7-14(15)12-19-16(21)22-17(2,3)4/h13-15,18,20H,5-12H2,1-4H3,(H,19,21). The average molecular weight is 314 g/mol. The van der Waals surface area contributed by atoms with Crippen LogP contribution in [0.15, 0.2) is 0 Å². The Balaban J connectivity index is 2.36. The molecule has 1 saturated carbocycles. The number of carbonyl (C=O) groups excluding carboxylic acids is 1. The van der Waals surface area contributed by atoms with Crippen LogP contribution in [0, 0.1) is 11.8 Å². The van der Waals surface area contributed by atoms with Crippen LogP contribution in [0.1, 0.15) is 59.8 Å². The first kappa shape index (κ1) is 19.2. The van der Waals surface area contributed by atoms with E-state index in [1.54, 1.807) is 0 Å². The van der Waals surface area contributed by atoms with E-state index in [4.69, 9.17) is 9.84 Å². The van der Waals surface area contributed by atoms with Crippen molar-refractivity contribution in [1.29, 1.82) is 0 Å². The molecule has 5 heteroatoms. The molecule has 1 rings (SSSR count). The van der Waals surface area contributed by atoms with E-state index < -0.39 is 5.60 Å². The zero-order chi connectivity index (χ0) is 16.6. The van der Waals surface area contributed by atoms with Crippen LogP contribution in [0.4, 0.5) is 4.79 Å². The molecule has 130 valence electrons. The van der Waals surface area contributed by atoms with Crippen molar-refractivity contribution in [3.05, 3.63) is 0 Å². The van der Waals surface area contributed by atoms with Crippen molar-refractivity contribution in [3.8, 4) is 0 Å². The van der Waals surface area contributed by atoms with Crippen LogP contribution < -0.4 is 10.6 Å². The minimum Gasteiger partial charge on any atom is -0.444 e. The number of alkyl carbamates (subject to hydrolysis) is 1. The van der Waals surface area contributed by atoms with Gasteiger partial charge in [-0.15, -0.1) is 0 Å². The van der Waals surface area contributed by atoms with Crippen molar-refractivity contribution in [3.63, 3.8) is 0 Å². The number of rotatable bonds is 7. The number of amides is 1. The highest BCUT2D eigenvalue weighted by Crippen LogP contribution is 2.24. The molecule has 0 heterocycles. The van der Waals surface area contributed by atoms with Crippen LogP contribution >= 0.6 is 0 Å². The van der Waals surface area contributed by atoms with Gasteiger partial charge in [-0.3, -0.25) is 0 Å². The Morgan fingerprint density at radius 3 is 2.64 bits per heavy atom. The molecule has 1 fully saturated rings. The van der Waals surface area contributed by atoms with Gasteiger partial charge in [0.15, 0.2) is 0 Å². The van der Waals surface area contributed by atoms with Gasteiger partial charge in [0.1, 0.15) is 5.60 Å². The summed E-state index contributed by atoms with van der Waals surface area (Å²) in [7, 11) is 0. The molecular formula is C17H34N2O3. The highest BCUT2D eigenvalue weighted by Gasteiger charge is 2.26. The summed E-state index contributed by atoms with van der Waals surface area (Å²) < 4.78 is 5.30. The lowest BCUT2D eigenvalue weighted by Gasteiger charge is -2.33. The Morgan fingerprint density at radius 2 is 2.00 bits per heavy atom. The number of hydrogen-bond acceptors (Lipinski definition) is 4. The van der Waals surface area contributed by atoms with Crippen LogP contribution in [0.5, 0.6) is 0 Å². The zero-order valence-electron chi connectivity index (χ0n) is 14.7. The largest absolute Gasteiger partial charge is 0.444 e. The molecule has 5 nitrogen and oxygen atoms in total. The summed E-state index contributed by atoms with van der Waals surface area (Å²) in [4.78, 5) is 11.8. The van der Waals surface area contributed by atoms with Gasteiger partial charge in [-0.1, -0.05) is 19.8 Å². The molecule has 0 aliphatic heterocycles. The van der Waals surface area contributed by atoms with Crippen LogP contribution in [-0.2, 0) is 4.74 Å². The first-order chi connectivity index (χ1) is 10.3. The smallest absolute Gasteiger partial charge is 0.407 e. The molecule has 1 amide bonds. The highest BCUT2D eigenvalue weighted by atomic mass is 16.6. The normalized spacial score (nSPS) is 23.9. The molecule has 22 heavy (non-hydrogen) atoms. The van der Waals surface area contributed by atoms with Crippen molar-refractivity contribution in [2.24, 2.45) is 11.8 Å². The second-order valence-electron chi connectivity index (χ2n) is 7.56. The second-order valence-corrected chi connectivity index (χ2v) is 7.56. The molecule has 0 radical (unpaired) electrons. The fraction of sp³-hybridized carbons (Fsp3) is 0.941. The van der Waals surface area contributed by atoms with Crippen LogP contribution in [0.25, 0.3) is 0 Å². The molecule has 0 spiro atoms. The van der Waals surface area contributed by atoms with Crippen molar-refractivity contribution < 1.29 is 14.6 Å². The van der Waals surface area contributed by atoms with Gasteiger partial charge in [-0.2, -0.15) is 0 Å². The van der Waals surface area contributed by atoms with E-state index in [-0.39, 0.29) is 12.7 Å². The van der Waals surface area contributed by atoms with E-state index in [2.05, 4.69) is 17.6 Å². The highest BCUT2D eigenvalue weighted by molar-refractivity contribution is 5.67. The molecular weight excluding hydrogens is 280 g/mol. The Hall–Kier alpha value is -0.810. The van der Waals surface area contributed by atoms with Gasteiger partial charge < -0.3 is 20.5 Å². The molecule has 0 saturated heterocycles. The van der Waals surface area contributed by atoms with Crippen LogP contribution in [-0.4, -0.2) is 42.5 Å². The van der Waals surface area contributed by atoms with Gasteiger partial charge >= 0.3 is 6.09 Å². The Kier molecular flexibility index (Phi) is 8.18. The van der Waals surface area contributed by atoms with E-state index in [1.165, 1.54) is 12.8 Å². The molecule has 0 aromatic carbocycles. The lowest BCUT2D eigenvalue weighted by atomic mass is 9.84. The van der Waals surface area contributed by atoms with Crippen LogP contribution in [0.3, 0.4) is 0 Å². The molecule has 0 aromatic rings. The average Bonchev–Trinajstić information content (AvgIpc) is 2.42. The maximum Gasteiger partial charge on any atom is 0.407 e. The maximum absolute atomic E-state index is 11.8. The van der Waals surface area contributed by atoms with Crippen molar-refractivity contribution in [2.75, 3.05) is 19.7 Å². The fourth-order valence-electron chi connectivity index (χ4n) is 2.92. The number of nitrogens with one attached hydrogen (secondary N) is 2. The molecule has 3 N–H and O–H groups in total. The van der Waals surface area contributed by atoms with Gasteiger partial charge in [0.2, 0.25) is 0 Å². The third-order valence-electron chi connectivity index (χ3n) is 4.17. The Labute approximate surface area is 135 Å². The van der Waals surface area contributed by atoms with Gasteiger partial charge in [-0.05, 0) is 58.4 Å². The summed E-state index contributed by atoms with van der Waals surface area (Å²) in [6.07, 6.45) is 5.28. The third kappa shape index (κ3) is 7.99. The maximum atomic E-state index is 11.8. The SMILES string of the molecule is CC(CCO)CNC1CCCCC1CNC(=O)OC(C)(C)C. The Bertz CT molecular complexity index is 328. The first-order valence-electron chi connectivity index (χ1n) is 8.63. The molecule has 0 aromatic heterocycles. The first-order valence-corrected chi connectivity index (χ1v) is 8.63. The quantitative estimate of drug-likeness (QED) is 0.676. The monoisotopic (exact) mass is 314 g/mol. The van der Waals surface area contributed by atoms with Crippen molar-refractivity contribution in [1.82, 2.24) is 10.6 Å². The number of hydrogen-bond donors (Lipinski definition) is 3. The summed E-state index contributed by atoms with van der Waals surface area (Å²) in [6, 6.07) is 0.449. The van der Waals surface area contributed by atoms with E-state index in [9.17, 15) is 4.79 Å². The number of carbonyl (C=O) groups is 1. The summed E-state index contributed by atoms with van der Waals surface area (Å²) >= 11 is 0. The molecule has 3 unspecified atom stereocenters. The molecule has 1 aliphatic rings. The zero-order valence-corrected chi connectivity index (χ0v) is 14.7. The molecule has 1 aliphatic carbocycles. The second kappa shape index (κ2) is 9.36. The van der Waals surface area contributed by atoms with E-state index >= 15 is 0 Å². The van der Waals surface area contributed by atoms with Gasteiger partial charge in [-0.25, -0.2) is 4.79 Å². The van der Waals surface area contributed by atoms with E-state index in [1.807, 2.05) is 20.8 Å². The predicted octanol–water partition coefficient (Wildman–Crippen LogP) is 2.68. The molecule has 3 atom stereocenters. The van der Waals surface area contributed by atoms with Gasteiger partial charge in [0.05, 0.1) is 0 Å². The topological polar surface area (TPSA) is 70.6 Å². The molecule has 0 bridgehead atoms. The minimum atomic E-state index is -0.450. The number of ether oxygens (including phenoxy) is 1. The van der Waals surface area contributed by atoms with Crippen molar-refractivity contribution >= 4 is 6.09 Å². The summed E-state index contributed by atoms with van der Waals surface area (Å²) in [5.74, 6) is 0.939. The third-order valence-corrected chi connectivity index (χ3v) is 4.17.